The minimum absolute atomic E-state index is 0.199. The standard InChI is InChI=1S/C17H17ClN4O4S/c1-2-26-14(23)7-19-16(24)17(25)20-15-12-8-27-9-13(12)21-22(15)11-5-3-10(18)4-6-11/h3-6H,2,7-9H2,1H3,(H,19,24)(H,20,25). The minimum atomic E-state index is -0.925. The third-order valence-corrected chi connectivity index (χ3v) is 4.98. The highest BCUT2D eigenvalue weighted by atomic mass is 35.5. The first-order valence-electron chi connectivity index (χ1n) is 8.19. The number of nitrogens with zero attached hydrogens (tertiary/aromatic N) is 2. The second-order valence-corrected chi connectivity index (χ2v) is 7.02. The third-order valence-electron chi connectivity index (χ3n) is 3.76. The van der Waals surface area contributed by atoms with Crippen molar-refractivity contribution < 1.29 is 19.1 Å². The summed E-state index contributed by atoms with van der Waals surface area (Å²) < 4.78 is 6.29. The van der Waals surface area contributed by atoms with Crippen molar-refractivity contribution in [3.63, 3.8) is 0 Å². The summed E-state index contributed by atoms with van der Waals surface area (Å²) in [4.78, 5) is 35.6. The van der Waals surface area contributed by atoms with Crippen LogP contribution in [0, 0.1) is 0 Å². The molecule has 1 aromatic heterocycles. The van der Waals surface area contributed by atoms with E-state index in [0.717, 1.165) is 17.0 Å². The van der Waals surface area contributed by atoms with Crippen molar-refractivity contribution in [1.29, 1.82) is 0 Å². The van der Waals surface area contributed by atoms with Gasteiger partial charge >= 0.3 is 17.8 Å². The highest BCUT2D eigenvalue weighted by Crippen LogP contribution is 2.36. The number of benzene rings is 1. The first kappa shape index (κ1) is 19.2. The van der Waals surface area contributed by atoms with E-state index in [2.05, 4.69) is 15.7 Å². The predicted octanol–water partition coefficient (Wildman–Crippen LogP) is 1.89. The Morgan fingerprint density at radius 3 is 2.67 bits per heavy atom. The fourth-order valence-electron chi connectivity index (χ4n) is 2.52. The zero-order chi connectivity index (χ0) is 19.4. The number of nitrogens with one attached hydrogen (secondary N) is 2. The van der Waals surface area contributed by atoms with Gasteiger partial charge in [-0.1, -0.05) is 11.6 Å². The molecule has 1 aromatic carbocycles. The molecule has 0 radical (unpaired) electrons. The maximum Gasteiger partial charge on any atom is 0.325 e. The Bertz CT molecular complexity index is 882. The van der Waals surface area contributed by atoms with Gasteiger partial charge in [-0.15, -0.1) is 0 Å². The number of rotatable bonds is 5. The SMILES string of the molecule is CCOC(=O)CNC(=O)C(=O)Nc1c2c(nn1-c1ccc(Cl)cc1)CSC2. The average Bonchev–Trinajstić information content (AvgIpc) is 3.23. The van der Waals surface area contributed by atoms with Crippen LogP contribution >= 0.6 is 23.4 Å². The van der Waals surface area contributed by atoms with Crippen molar-refractivity contribution in [3.05, 3.63) is 40.5 Å². The second-order valence-electron chi connectivity index (χ2n) is 5.60. The van der Waals surface area contributed by atoms with Crippen LogP contribution in [0.1, 0.15) is 18.2 Å². The number of carbonyl (C=O) groups is 3. The van der Waals surface area contributed by atoms with Crippen molar-refractivity contribution in [2.24, 2.45) is 0 Å². The maximum absolute atomic E-state index is 12.3. The summed E-state index contributed by atoms with van der Waals surface area (Å²) in [7, 11) is 0. The molecule has 0 atom stereocenters. The average molecular weight is 409 g/mol. The van der Waals surface area contributed by atoms with Gasteiger partial charge in [-0.05, 0) is 31.2 Å². The molecule has 2 N–H and O–H groups in total. The van der Waals surface area contributed by atoms with Crippen LogP contribution in [-0.4, -0.2) is 40.7 Å². The number of esters is 1. The Morgan fingerprint density at radius 2 is 1.96 bits per heavy atom. The highest BCUT2D eigenvalue weighted by molar-refractivity contribution is 7.98. The molecule has 2 aromatic rings. The molecule has 1 aliphatic rings. The molecule has 2 heterocycles. The Hall–Kier alpha value is -2.52. The van der Waals surface area contributed by atoms with Gasteiger partial charge in [-0.3, -0.25) is 14.4 Å². The van der Waals surface area contributed by atoms with Crippen molar-refractivity contribution in [2.75, 3.05) is 18.5 Å². The van der Waals surface area contributed by atoms with Gasteiger partial charge in [0.05, 0.1) is 18.0 Å². The normalized spacial score (nSPS) is 12.4. The van der Waals surface area contributed by atoms with Gasteiger partial charge in [0.15, 0.2) is 0 Å². The summed E-state index contributed by atoms with van der Waals surface area (Å²) in [5.41, 5.74) is 2.44. The predicted molar refractivity (Wildman–Crippen MR) is 102 cm³/mol. The van der Waals surface area contributed by atoms with E-state index in [1.54, 1.807) is 47.6 Å². The summed E-state index contributed by atoms with van der Waals surface area (Å²) >= 11 is 7.60. The van der Waals surface area contributed by atoms with Crippen molar-refractivity contribution >= 4 is 47.0 Å². The molecule has 0 unspecified atom stereocenters. The molecule has 10 heteroatoms. The van der Waals surface area contributed by atoms with Gasteiger partial charge in [-0.2, -0.15) is 16.9 Å². The molecule has 3 rings (SSSR count). The first-order chi connectivity index (χ1) is 13.0. The number of carbonyl (C=O) groups excluding carboxylic acids is 3. The Balaban J connectivity index is 1.77. The molecule has 0 aliphatic carbocycles. The topological polar surface area (TPSA) is 102 Å². The zero-order valence-corrected chi connectivity index (χ0v) is 16.0. The molecule has 0 spiro atoms. The molecule has 2 amide bonds. The van der Waals surface area contributed by atoms with Crippen LogP contribution < -0.4 is 10.6 Å². The third kappa shape index (κ3) is 4.42. The minimum Gasteiger partial charge on any atom is -0.465 e. The number of fused-ring (bicyclic) bond motifs is 1. The van der Waals surface area contributed by atoms with Crippen LogP contribution in [0.2, 0.25) is 5.02 Å². The summed E-state index contributed by atoms with van der Waals surface area (Å²) in [6.07, 6.45) is 0. The summed E-state index contributed by atoms with van der Waals surface area (Å²) in [6.45, 7) is 1.48. The maximum atomic E-state index is 12.3. The number of ether oxygens (including phenoxy) is 1. The quantitative estimate of drug-likeness (QED) is 0.578. The van der Waals surface area contributed by atoms with Crippen LogP contribution in [0.3, 0.4) is 0 Å². The van der Waals surface area contributed by atoms with Crippen LogP contribution in [0.5, 0.6) is 0 Å². The van der Waals surface area contributed by atoms with Gasteiger partial charge in [-0.25, -0.2) is 4.68 Å². The van der Waals surface area contributed by atoms with Crippen LogP contribution in [-0.2, 0) is 30.6 Å². The molecule has 0 bridgehead atoms. The number of hydrogen-bond donors (Lipinski definition) is 2. The monoisotopic (exact) mass is 408 g/mol. The Labute approximate surface area is 164 Å². The fraction of sp³-hybridized carbons (Fsp3) is 0.294. The number of hydrogen-bond acceptors (Lipinski definition) is 6. The molecule has 8 nitrogen and oxygen atoms in total. The number of halogens is 1. The molecular weight excluding hydrogens is 392 g/mol. The Morgan fingerprint density at radius 1 is 1.22 bits per heavy atom. The van der Waals surface area contributed by atoms with Gasteiger partial charge in [0.1, 0.15) is 12.4 Å². The van der Waals surface area contributed by atoms with E-state index in [0.29, 0.717) is 22.3 Å². The van der Waals surface area contributed by atoms with E-state index in [-0.39, 0.29) is 13.2 Å². The molecule has 0 saturated heterocycles. The molecule has 0 fully saturated rings. The van der Waals surface area contributed by atoms with Gasteiger partial charge in [0.25, 0.3) is 0 Å². The van der Waals surface area contributed by atoms with Crippen molar-refractivity contribution in [2.45, 2.75) is 18.4 Å². The van der Waals surface area contributed by atoms with Crippen molar-refractivity contribution in [3.8, 4) is 5.69 Å². The zero-order valence-electron chi connectivity index (χ0n) is 14.5. The number of aromatic nitrogens is 2. The number of anilines is 1. The lowest BCUT2D eigenvalue weighted by Crippen LogP contribution is -2.39. The second kappa shape index (κ2) is 8.45. The van der Waals surface area contributed by atoms with Crippen LogP contribution in [0.4, 0.5) is 5.82 Å². The van der Waals surface area contributed by atoms with E-state index in [9.17, 15) is 14.4 Å². The number of amides is 2. The van der Waals surface area contributed by atoms with Crippen molar-refractivity contribution in [1.82, 2.24) is 15.1 Å². The van der Waals surface area contributed by atoms with E-state index in [1.807, 2.05) is 0 Å². The largest absolute Gasteiger partial charge is 0.465 e. The number of thioether (sulfide) groups is 1. The molecule has 142 valence electrons. The van der Waals surface area contributed by atoms with Gasteiger partial charge < -0.3 is 15.4 Å². The lowest BCUT2D eigenvalue weighted by Gasteiger charge is -2.11. The lowest BCUT2D eigenvalue weighted by atomic mass is 10.2. The molecule has 27 heavy (non-hydrogen) atoms. The molecule has 1 aliphatic heterocycles. The highest BCUT2D eigenvalue weighted by Gasteiger charge is 2.26. The van der Waals surface area contributed by atoms with E-state index < -0.39 is 17.8 Å². The van der Waals surface area contributed by atoms with Crippen LogP contribution in [0.15, 0.2) is 24.3 Å². The van der Waals surface area contributed by atoms with E-state index in [4.69, 9.17) is 16.3 Å². The van der Waals surface area contributed by atoms with Gasteiger partial charge in [0, 0.05) is 22.1 Å². The van der Waals surface area contributed by atoms with E-state index >= 15 is 0 Å². The molecular formula is C17H17ClN4O4S. The summed E-state index contributed by atoms with van der Waals surface area (Å²) in [6, 6.07) is 6.98. The lowest BCUT2D eigenvalue weighted by molar-refractivity contribution is -0.144. The summed E-state index contributed by atoms with van der Waals surface area (Å²) in [5.74, 6) is -0.562. The first-order valence-corrected chi connectivity index (χ1v) is 9.72. The molecule has 0 saturated carbocycles. The Kier molecular flexibility index (Phi) is 6.02. The smallest absolute Gasteiger partial charge is 0.325 e. The summed E-state index contributed by atoms with van der Waals surface area (Å²) in [5, 5.41) is 9.96. The van der Waals surface area contributed by atoms with E-state index in [1.165, 1.54) is 0 Å². The van der Waals surface area contributed by atoms with Crippen LogP contribution in [0.25, 0.3) is 5.69 Å². The fourth-order valence-corrected chi connectivity index (χ4v) is 3.68. The van der Waals surface area contributed by atoms with Gasteiger partial charge in [0.2, 0.25) is 0 Å².